The van der Waals surface area contributed by atoms with Crippen LogP contribution >= 0.6 is 0 Å². The molecule has 0 bridgehead atoms. The monoisotopic (exact) mass is 643 g/mol. The van der Waals surface area contributed by atoms with Gasteiger partial charge in [-0.05, 0) is 5.79 Å². The first kappa shape index (κ1) is 34.1. The molecule has 3 aliphatic heterocycles. The Hall–Kier alpha value is -0.0717. The second-order valence-electron chi connectivity index (χ2n) is 8.91. The van der Waals surface area contributed by atoms with Gasteiger partial charge in [-0.3, -0.25) is 0 Å². The van der Waals surface area contributed by atoms with Crippen LogP contribution in [0.5, 0.6) is 0 Å². The van der Waals surface area contributed by atoms with Crippen LogP contribution in [0.2, 0.25) is 0 Å². The molecule has 3 rings (SSSR count). The molecule has 0 radical (unpaired) electrons. The van der Waals surface area contributed by atoms with Gasteiger partial charge in [0.15, 0.2) is 12.6 Å². The van der Waals surface area contributed by atoms with Gasteiger partial charge in [-0.25, -0.2) is 0 Å². The van der Waals surface area contributed by atoms with E-state index in [2.05, 4.69) is 4.74 Å². The van der Waals surface area contributed by atoms with Gasteiger partial charge in [0.05, 0.1) is 38.2 Å². The van der Waals surface area contributed by atoms with Crippen LogP contribution in [0.3, 0.4) is 0 Å². The number of hydrogen-bond donors (Lipinski definition) is 11. The molecular formula is C18H31MoN3O16. The van der Waals surface area contributed by atoms with Crippen LogP contribution in [0.15, 0.2) is 0 Å². The molecule has 3 saturated heterocycles. The quantitative estimate of drug-likeness (QED) is 0.0698. The van der Waals surface area contributed by atoms with Gasteiger partial charge in [-0.1, -0.05) is 0 Å². The molecule has 0 aromatic carbocycles. The van der Waals surface area contributed by atoms with Gasteiger partial charge < -0.3 is 97.1 Å². The number of rotatable bonds is 7. The SMILES string of the molecule is N[C-]1[C@@H](OC2[C@@H](CO)O[C@@H](OC3[C@@H](CO)O[C@@H](O)[C@H](N)[C@H]3O)[C@H](N)[C@H]2O)O[C@]([O-])(CO)[C@@]([O-])(O)[C@@]1([O-])O.[Mo+4]. The minimum Gasteiger partial charge on any atom is -0.851 e. The molecule has 0 saturated carbocycles. The fourth-order valence-corrected chi connectivity index (χ4v) is 4.12. The number of hydrogen-bond acceptors (Lipinski definition) is 19. The summed E-state index contributed by atoms with van der Waals surface area (Å²) in [5.41, 5.74) is 17.0. The Morgan fingerprint density at radius 1 is 0.842 bits per heavy atom. The maximum atomic E-state index is 12.5. The van der Waals surface area contributed by atoms with E-state index in [4.69, 9.17) is 36.1 Å². The molecule has 0 amide bonds. The maximum absolute atomic E-state index is 12.5. The largest absolute Gasteiger partial charge is 4.00 e. The van der Waals surface area contributed by atoms with Crippen molar-refractivity contribution in [2.45, 2.75) is 84.9 Å². The van der Waals surface area contributed by atoms with E-state index in [9.17, 15) is 56.2 Å². The summed E-state index contributed by atoms with van der Waals surface area (Å²) in [5.74, 6) is -12.5. The summed E-state index contributed by atoms with van der Waals surface area (Å²) in [6.45, 7) is -3.49. The zero-order valence-corrected chi connectivity index (χ0v) is 21.5. The standard InChI is InChI=1S/C18H31N3O16.Mo/c19-6-8(25)10(4(1-22)33-13(6)27)35-14-7(20)9(26)11(5(2-23)34-14)36-15-12(21)17(29,30)18(31,32)16(28,3-24)37-15;/h4-11,13-15,22-27,29,31H,1-3,19-21H2;/q-4;+4/t4-,5-,6-,7-,8-,9-,10?,11?,13-,14+,15+,16-,17-,18+;/m1./s1. The number of ether oxygens (including phenoxy) is 5. The van der Waals surface area contributed by atoms with Gasteiger partial charge >= 0.3 is 21.1 Å². The molecule has 14 N–H and O–H groups in total. The van der Waals surface area contributed by atoms with E-state index >= 15 is 0 Å². The minimum absolute atomic E-state index is 0. The van der Waals surface area contributed by atoms with Crippen molar-refractivity contribution in [1.82, 2.24) is 0 Å². The molecule has 2 unspecified atom stereocenters. The first-order valence-corrected chi connectivity index (χ1v) is 10.9. The van der Waals surface area contributed by atoms with Crippen LogP contribution in [-0.2, 0) is 44.7 Å². The first-order valence-electron chi connectivity index (χ1n) is 10.9. The molecule has 3 heterocycles. The molecule has 3 aliphatic rings. The smallest absolute Gasteiger partial charge is 0.851 e. The minimum atomic E-state index is -4.41. The van der Waals surface area contributed by atoms with Gasteiger partial charge in [-0.15, -0.1) is 5.79 Å². The molecule has 0 aromatic rings. The third kappa shape index (κ3) is 5.67. The predicted octanol–water partition coefficient (Wildman–Crippen LogP) is -11.4. The summed E-state index contributed by atoms with van der Waals surface area (Å²) in [4.78, 5) is 0. The van der Waals surface area contributed by atoms with E-state index < -0.39 is 111 Å². The van der Waals surface area contributed by atoms with Crippen molar-refractivity contribution in [2.24, 2.45) is 17.2 Å². The Labute approximate surface area is 229 Å². The molecule has 3 fully saturated rings. The van der Waals surface area contributed by atoms with Crippen molar-refractivity contribution >= 4 is 0 Å². The molecular weight excluding hydrogens is 610 g/mol. The van der Waals surface area contributed by atoms with Crippen LogP contribution < -0.4 is 32.5 Å². The van der Waals surface area contributed by atoms with Gasteiger partial charge in [0.1, 0.15) is 36.6 Å². The predicted molar refractivity (Wildman–Crippen MR) is 103 cm³/mol. The molecule has 14 atom stereocenters. The van der Waals surface area contributed by atoms with Crippen molar-refractivity contribution in [3.8, 4) is 0 Å². The first-order chi connectivity index (χ1) is 17.1. The second kappa shape index (κ2) is 12.4. The molecule has 220 valence electrons. The zero-order chi connectivity index (χ0) is 28.1. The average Bonchev–Trinajstić information content (AvgIpc) is 2.85. The van der Waals surface area contributed by atoms with E-state index in [0.717, 1.165) is 0 Å². The van der Waals surface area contributed by atoms with Crippen molar-refractivity contribution in [1.29, 1.82) is 0 Å². The van der Waals surface area contributed by atoms with Crippen molar-refractivity contribution in [2.75, 3.05) is 19.8 Å². The van der Waals surface area contributed by atoms with Gasteiger partial charge in [0.25, 0.3) is 0 Å². The Bertz CT molecular complexity index is 775. The van der Waals surface area contributed by atoms with Gasteiger partial charge in [-0.2, -0.15) is 6.04 Å². The third-order valence-corrected chi connectivity index (χ3v) is 6.52. The molecule has 38 heavy (non-hydrogen) atoms. The van der Waals surface area contributed by atoms with E-state index in [-0.39, 0.29) is 21.1 Å². The summed E-state index contributed by atoms with van der Waals surface area (Å²) in [5, 5.41) is 116. The normalized spacial score (nSPS) is 52.4. The zero-order valence-electron chi connectivity index (χ0n) is 19.5. The number of aliphatic hydroxyl groups excluding tert-OH is 6. The fraction of sp³-hybridized carbons (Fsp3) is 0.944. The second-order valence-corrected chi connectivity index (χ2v) is 8.91. The summed E-state index contributed by atoms with van der Waals surface area (Å²) in [6.07, 6.45) is -15.3. The molecule has 0 aliphatic carbocycles. The van der Waals surface area contributed by atoms with E-state index in [0.29, 0.717) is 0 Å². The van der Waals surface area contributed by atoms with Crippen molar-refractivity contribution in [3.05, 3.63) is 6.04 Å². The number of aliphatic hydroxyl groups is 8. The van der Waals surface area contributed by atoms with Crippen LogP contribution in [0.25, 0.3) is 0 Å². The summed E-state index contributed by atoms with van der Waals surface area (Å²) >= 11 is 0. The summed E-state index contributed by atoms with van der Waals surface area (Å²) in [7, 11) is 0. The summed E-state index contributed by atoms with van der Waals surface area (Å²) in [6, 6.07) is -4.39. The van der Waals surface area contributed by atoms with Crippen LogP contribution in [0, 0.1) is 6.04 Å². The van der Waals surface area contributed by atoms with Crippen LogP contribution in [0.1, 0.15) is 0 Å². The Balaban J connectivity index is 0.00000507. The molecule has 20 heteroatoms. The Morgan fingerprint density at radius 3 is 1.87 bits per heavy atom. The molecule has 0 aromatic heterocycles. The fourth-order valence-electron chi connectivity index (χ4n) is 4.12. The average molecular weight is 641 g/mol. The van der Waals surface area contributed by atoms with E-state index in [1.165, 1.54) is 0 Å². The summed E-state index contributed by atoms with van der Waals surface area (Å²) < 4.78 is 26.0. The number of nitrogens with two attached hydrogens (primary N) is 3. The van der Waals surface area contributed by atoms with Crippen molar-refractivity contribution in [3.63, 3.8) is 0 Å². The third-order valence-electron chi connectivity index (χ3n) is 6.52. The molecule has 0 spiro atoms. The Morgan fingerprint density at radius 2 is 1.34 bits per heavy atom. The van der Waals surface area contributed by atoms with E-state index in [1.54, 1.807) is 0 Å². The van der Waals surface area contributed by atoms with Gasteiger partial charge in [0.2, 0.25) is 0 Å². The van der Waals surface area contributed by atoms with Crippen LogP contribution in [-0.4, -0.2) is 146 Å². The van der Waals surface area contributed by atoms with Crippen LogP contribution in [0.4, 0.5) is 0 Å². The van der Waals surface area contributed by atoms with Gasteiger partial charge in [0, 0.05) is 5.79 Å². The van der Waals surface area contributed by atoms with E-state index in [1.807, 2.05) is 0 Å². The molecule has 19 nitrogen and oxygen atoms in total. The Kier molecular flexibility index (Phi) is 11.2. The maximum Gasteiger partial charge on any atom is 4.00 e. The van der Waals surface area contributed by atoms with Crippen molar-refractivity contribution < 1.29 is 101 Å². The topological polar surface area (TPSA) is 355 Å².